The molecule has 1 rings (SSSR count). The molecule has 16 heavy (non-hydrogen) atoms. The van der Waals surface area contributed by atoms with Gasteiger partial charge in [-0.1, -0.05) is 36.9 Å². The van der Waals surface area contributed by atoms with Gasteiger partial charge >= 0.3 is 0 Å². The standard InChI is InChI=1S/C11H15NO3.BrH/c1-2-12(10(13)11(14)15)8-9-6-4-3-5-7-9;/h2-7,10-11,13-15H,1,8H2;1H. The Labute approximate surface area is 105 Å². The zero-order valence-electron chi connectivity index (χ0n) is 8.73. The van der Waals surface area contributed by atoms with Crippen molar-refractivity contribution in [3.8, 4) is 0 Å². The second-order valence-corrected chi connectivity index (χ2v) is 3.17. The van der Waals surface area contributed by atoms with E-state index in [1.54, 1.807) is 0 Å². The smallest absolute Gasteiger partial charge is 0.197 e. The molecule has 0 spiro atoms. The van der Waals surface area contributed by atoms with Gasteiger partial charge in [0.15, 0.2) is 12.5 Å². The topological polar surface area (TPSA) is 63.9 Å². The average Bonchev–Trinajstić information content (AvgIpc) is 2.26. The van der Waals surface area contributed by atoms with E-state index >= 15 is 0 Å². The van der Waals surface area contributed by atoms with Gasteiger partial charge in [-0.15, -0.1) is 17.0 Å². The Morgan fingerprint density at radius 1 is 1.19 bits per heavy atom. The molecule has 0 aliphatic heterocycles. The van der Waals surface area contributed by atoms with E-state index in [0.29, 0.717) is 6.54 Å². The third-order valence-electron chi connectivity index (χ3n) is 2.05. The van der Waals surface area contributed by atoms with Crippen LogP contribution in [-0.4, -0.2) is 32.7 Å². The SMILES string of the molecule is Br.C=CN(Cc1ccccc1)C(O)C(O)O. The molecule has 0 aromatic heterocycles. The van der Waals surface area contributed by atoms with Crippen LogP contribution in [0.15, 0.2) is 43.1 Å². The summed E-state index contributed by atoms with van der Waals surface area (Å²) in [5.41, 5.74) is 0.956. The van der Waals surface area contributed by atoms with E-state index in [9.17, 15) is 5.11 Å². The molecular formula is C11H16BrNO3. The second-order valence-electron chi connectivity index (χ2n) is 3.17. The van der Waals surface area contributed by atoms with Crippen molar-refractivity contribution in [1.29, 1.82) is 0 Å². The molecule has 1 aromatic carbocycles. The number of aliphatic hydroxyl groups excluding tert-OH is 2. The maximum absolute atomic E-state index is 9.40. The first-order valence-corrected chi connectivity index (χ1v) is 4.61. The molecule has 3 N–H and O–H groups in total. The molecule has 4 nitrogen and oxygen atoms in total. The normalized spacial score (nSPS) is 11.8. The molecule has 1 unspecified atom stereocenters. The first-order valence-electron chi connectivity index (χ1n) is 4.61. The number of rotatable bonds is 5. The first kappa shape index (κ1) is 15.1. The fraction of sp³-hybridized carbons (Fsp3) is 0.273. The largest absolute Gasteiger partial charge is 0.369 e. The third-order valence-corrected chi connectivity index (χ3v) is 2.05. The zero-order chi connectivity index (χ0) is 11.3. The minimum atomic E-state index is -1.80. The fourth-order valence-electron chi connectivity index (χ4n) is 1.23. The molecule has 0 bridgehead atoms. The highest BCUT2D eigenvalue weighted by molar-refractivity contribution is 8.93. The van der Waals surface area contributed by atoms with Crippen LogP contribution in [0.25, 0.3) is 0 Å². The molecule has 0 heterocycles. The summed E-state index contributed by atoms with van der Waals surface area (Å²) in [6.45, 7) is 3.88. The predicted octanol–water partition coefficient (Wildman–Crippen LogP) is 0.839. The van der Waals surface area contributed by atoms with Gasteiger partial charge in [0.2, 0.25) is 0 Å². The molecule has 0 radical (unpaired) electrons. The van der Waals surface area contributed by atoms with Gasteiger partial charge in [-0.2, -0.15) is 0 Å². The van der Waals surface area contributed by atoms with E-state index in [1.165, 1.54) is 11.1 Å². The summed E-state index contributed by atoms with van der Waals surface area (Å²) < 4.78 is 0. The van der Waals surface area contributed by atoms with E-state index in [0.717, 1.165) is 5.56 Å². The maximum Gasteiger partial charge on any atom is 0.197 e. The zero-order valence-corrected chi connectivity index (χ0v) is 10.4. The van der Waals surface area contributed by atoms with Crippen LogP contribution >= 0.6 is 17.0 Å². The lowest BCUT2D eigenvalue weighted by molar-refractivity contribution is -0.169. The lowest BCUT2D eigenvalue weighted by atomic mass is 10.2. The van der Waals surface area contributed by atoms with Crippen LogP contribution in [0.3, 0.4) is 0 Å². The van der Waals surface area contributed by atoms with Gasteiger partial charge in [-0.05, 0) is 11.8 Å². The first-order chi connectivity index (χ1) is 7.15. The van der Waals surface area contributed by atoms with E-state index in [-0.39, 0.29) is 17.0 Å². The van der Waals surface area contributed by atoms with Crippen LogP contribution in [0, 0.1) is 0 Å². The van der Waals surface area contributed by atoms with Crippen molar-refractivity contribution in [1.82, 2.24) is 4.90 Å². The Hall–Kier alpha value is -0.880. The molecule has 0 amide bonds. The Balaban J connectivity index is 0.00000225. The lowest BCUT2D eigenvalue weighted by Crippen LogP contribution is -2.39. The molecule has 1 atom stereocenters. The molecule has 90 valence electrons. The van der Waals surface area contributed by atoms with Gasteiger partial charge < -0.3 is 20.2 Å². The van der Waals surface area contributed by atoms with Gasteiger partial charge in [-0.3, -0.25) is 0 Å². The second kappa shape index (κ2) is 7.40. The molecule has 1 aromatic rings. The highest BCUT2D eigenvalue weighted by Gasteiger charge is 2.18. The van der Waals surface area contributed by atoms with E-state index in [4.69, 9.17) is 10.2 Å². The lowest BCUT2D eigenvalue weighted by Gasteiger charge is -2.27. The summed E-state index contributed by atoms with van der Waals surface area (Å²) >= 11 is 0. The minimum absolute atomic E-state index is 0. The highest BCUT2D eigenvalue weighted by atomic mass is 79.9. The van der Waals surface area contributed by atoms with Gasteiger partial charge in [0.1, 0.15) is 0 Å². The summed E-state index contributed by atoms with van der Waals surface area (Å²) in [7, 11) is 0. The maximum atomic E-state index is 9.40. The molecule has 5 heteroatoms. The van der Waals surface area contributed by atoms with Crippen LogP contribution in [-0.2, 0) is 6.54 Å². The third kappa shape index (κ3) is 4.32. The van der Waals surface area contributed by atoms with Crippen LogP contribution in [0.5, 0.6) is 0 Å². The van der Waals surface area contributed by atoms with E-state index in [1.807, 2.05) is 30.3 Å². The molecular weight excluding hydrogens is 274 g/mol. The van der Waals surface area contributed by atoms with Crippen molar-refractivity contribution in [3.05, 3.63) is 48.7 Å². The van der Waals surface area contributed by atoms with Gasteiger partial charge in [0.05, 0.1) is 0 Å². The molecule has 0 fully saturated rings. The summed E-state index contributed by atoms with van der Waals surface area (Å²) in [5, 5.41) is 27.0. The quantitative estimate of drug-likeness (QED) is 0.703. The van der Waals surface area contributed by atoms with Gasteiger partial charge in [0.25, 0.3) is 0 Å². The molecule has 0 aliphatic rings. The fourth-order valence-corrected chi connectivity index (χ4v) is 1.23. The van der Waals surface area contributed by atoms with E-state index < -0.39 is 12.5 Å². The number of hydrogen-bond acceptors (Lipinski definition) is 4. The Morgan fingerprint density at radius 3 is 2.19 bits per heavy atom. The monoisotopic (exact) mass is 289 g/mol. The minimum Gasteiger partial charge on any atom is -0.369 e. The van der Waals surface area contributed by atoms with Gasteiger partial charge in [-0.25, -0.2) is 0 Å². The number of nitrogens with zero attached hydrogens (tertiary/aromatic N) is 1. The van der Waals surface area contributed by atoms with Crippen molar-refractivity contribution in [3.63, 3.8) is 0 Å². The summed E-state index contributed by atoms with van der Waals surface area (Å²) in [6, 6.07) is 9.40. The Kier molecular flexibility index (Phi) is 7.00. The molecule has 0 aliphatic carbocycles. The number of halogens is 1. The van der Waals surface area contributed by atoms with Crippen LogP contribution in [0.2, 0.25) is 0 Å². The average molecular weight is 290 g/mol. The number of hydrogen-bond donors (Lipinski definition) is 3. The summed E-state index contributed by atoms with van der Waals surface area (Å²) in [6.07, 6.45) is -1.79. The van der Waals surface area contributed by atoms with Crippen molar-refractivity contribution in [2.45, 2.75) is 19.1 Å². The molecule has 0 saturated heterocycles. The van der Waals surface area contributed by atoms with Crippen molar-refractivity contribution >= 4 is 17.0 Å². The number of aliphatic hydroxyl groups is 3. The predicted molar refractivity (Wildman–Crippen MR) is 66.7 cm³/mol. The Morgan fingerprint density at radius 2 is 1.75 bits per heavy atom. The van der Waals surface area contributed by atoms with Gasteiger partial charge in [0, 0.05) is 6.54 Å². The molecule has 0 saturated carbocycles. The highest BCUT2D eigenvalue weighted by Crippen LogP contribution is 2.08. The summed E-state index contributed by atoms with van der Waals surface area (Å²) in [4.78, 5) is 1.35. The van der Waals surface area contributed by atoms with Crippen LogP contribution < -0.4 is 0 Å². The van der Waals surface area contributed by atoms with Crippen molar-refractivity contribution < 1.29 is 15.3 Å². The van der Waals surface area contributed by atoms with Crippen LogP contribution in [0.1, 0.15) is 5.56 Å². The van der Waals surface area contributed by atoms with E-state index in [2.05, 4.69) is 6.58 Å². The Bertz CT molecular complexity index is 305. The summed E-state index contributed by atoms with van der Waals surface area (Å²) in [5.74, 6) is 0. The van der Waals surface area contributed by atoms with Crippen molar-refractivity contribution in [2.75, 3.05) is 0 Å². The van der Waals surface area contributed by atoms with Crippen molar-refractivity contribution in [2.24, 2.45) is 0 Å². The van der Waals surface area contributed by atoms with Crippen LogP contribution in [0.4, 0.5) is 0 Å². The number of benzene rings is 1.